The van der Waals surface area contributed by atoms with Crippen molar-refractivity contribution in [3.8, 4) is 0 Å². The maximum atomic E-state index is 12.4. The van der Waals surface area contributed by atoms with Gasteiger partial charge in [0.05, 0.1) is 5.41 Å². The van der Waals surface area contributed by atoms with Crippen molar-refractivity contribution in [3.63, 3.8) is 0 Å². The van der Waals surface area contributed by atoms with Gasteiger partial charge in [0, 0.05) is 25.8 Å². The maximum Gasteiger partial charge on any atom is 0.311 e. The van der Waals surface area contributed by atoms with Crippen molar-refractivity contribution in [2.24, 2.45) is 18.4 Å². The van der Waals surface area contributed by atoms with Crippen LogP contribution in [0.4, 0.5) is 0 Å². The minimum Gasteiger partial charge on any atom is -0.481 e. The lowest BCUT2D eigenvalue weighted by molar-refractivity contribution is -0.150. The molecule has 6 heteroatoms. The third-order valence-corrected chi connectivity index (χ3v) is 4.45. The maximum absolute atomic E-state index is 12.4. The lowest BCUT2D eigenvalue weighted by Gasteiger charge is -2.28. The van der Waals surface area contributed by atoms with Gasteiger partial charge in [-0.25, -0.2) is 0 Å². The first-order valence-corrected chi connectivity index (χ1v) is 6.81. The Kier molecular flexibility index (Phi) is 3.58. The van der Waals surface area contributed by atoms with Crippen molar-refractivity contribution in [2.45, 2.75) is 27.2 Å². The van der Waals surface area contributed by atoms with Crippen LogP contribution in [0.2, 0.25) is 0 Å². The Hall–Kier alpha value is -1.85. The summed E-state index contributed by atoms with van der Waals surface area (Å²) in [7, 11) is 1.78. The van der Waals surface area contributed by atoms with Gasteiger partial charge in [-0.2, -0.15) is 5.10 Å². The van der Waals surface area contributed by atoms with Crippen LogP contribution in [-0.4, -0.2) is 44.8 Å². The topological polar surface area (TPSA) is 75.4 Å². The summed E-state index contributed by atoms with van der Waals surface area (Å²) in [6.07, 6.45) is 0.498. The standard InChI is InChI=1S/C14H21N3O3/c1-9(2)14(13(19)20)5-6-17(8-14)12(18)11-7-10(3)16(4)15-11/h7,9H,5-6,8H2,1-4H3,(H,19,20). The Morgan fingerprint density at radius 1 is 1.45 bits per heavy atom. The largest absolute Gasteiger partial charge is 0.481 e. The van der Waals surface area contributed by atoms with Crippen LogP contribution in [0, 0.1) is 18.3 Å². The number of carbonyl (C=O) groups excluding carboxylic acids is 1. The van der Waals surface area contributed by atoms with E-state index in [0.717, 1.165) is 5.69 Å². The summed E-state index contributed by atoms with van der Waals surface area (Å²) < 4.78 is 1.65. The highest BCUT2D eigenvalue weighted by atomic mass is 16.4. The van der Waals surface area contributed by atoms with Crippen LogP contribution in [0.5, 0.6) is 0 Å². The number of nitrogens with zero attached hydrogens (tertiary/aromatic N) is 3. The monoisotopic (exact) mass is 279 g/mol. The summed E-state index contributed by atoms with van der Waals surface area (Å²) in [6.45, 7) is 6.40. The van der Waals surface area contributed by atoms with Crippen molar-refractivity contribution in [1.29, 1.82) is 0 Å². The third-order valence-electron chi connectivity index (χ3n) is 4.45. The molecule has 0 spiro atoms. The molecule has 1 amide bonds. The molecule has 1 N–H and O–H groups in total. The van der Waals surface area contributed by atoms with Crippen LogP contribution in [0.3, 0.4) is 0 Å². The van der Waals surface area contributed by atoms with Gasteiger partial charge < -0.3 is 10.0 Å². The molecular weight excluding hydrogens is 258 g/mol. The predicted molar refractivity (Wildman–Crippen MR) is 73.4 cm³/mol. The molecule has 1 aromatic heterocycles. The molecule has 0 radical (unpaired) electrons. The second-order valence-corrected chi connectivity index (χ2v) is 5.89. The summed E-state index contributed by atoms with van der Waals surface area (Å²) in [4.78, 5) is 25.6. The van der Waals surface area contributed by atoms with Gasteiger partial charge in [-0.3, -0.25) is 14.3 Å². The summed E-state index contributed by atoms with van der Waals surface area (Å²) in [5, 5.41) is 13.7. The molecule has 1 unspecified atom stereocenters. The number of aliphatic carboxylic acids is 1. The summed E-state index contributed by atoms with van der Waals surface area (Å²) in [5.74, 6) is -1.01. The highest BCUT2D eigenvalue weighted by Gasteiger charge is 2.48. The quantitative estimate of drug-likeness (QED) is 0.905. The van der Waals surface area contributed by atoms with Gasteiger partial charge in [-0.1, -0.05) is 13.8 Å². The second-order valence-electron chi connectivity index (χ2n) is 5.89. The second kappa shape index (κ2) is 4.92. The number of aryl methyl sites for hydroxylation is 2. The fourth-order valence-corrected chi connectivity index (χ4v) is 2.73. The number of amides is 1. The van der Waals surface area contributed by atoms with Gasteiger partial charge in [0.2, 0.25) is 0 Å². The molecule has 20 heavy (non-hydrogen) atoms. The number of hydrogen-bond acceptors (Lipinski definition) is 3. The number of hydrogen-bond donors (Lipinski definition) is 1. The van der Waals surface area contributed by atoms with E-state index >= 15 is 0 Å². The van der Waals surface area contributed by atoms with Gasteiger partial charge >= 0.3 is 5.97 Å². The molecule has 110 valence electrons. The van der Waals surface area contributed by atoms with E-state index in [9.17, 15) is 14.7 Å². The van der Waals surface area contributed by atoms with E-state index in [1.165, 1.54) is 0 Å². The average molecular weight is 279 g/mol. The van der Waals surface area contributed by atoms with E-state index in [1.807, 2.05) is 20.8 Å². The minimum absolute atomic E-state index is 0.0109. The molecule has 1 saturated heterocycles. The fourth-order valence-electron chi connectivity index (χ4n) is 2.73. The Morgan fingerprint density at radius 2 is 2.10 bits per heavy atom. The van der Waals surface area contributed by atoms with Crippen molar-refractivity contribution < 1.29 is 14.7 Å². The Balaban J connectivity index is 2.20. The van der Waals surface area contributed by atoms with E-state index in [2.05, 4.69) is 5.10 Å². The first-order chi connectivity index (χ1) is 9.28. The molecule has 0 saturated carbocycles. The molecule has 2 rings (SSSR count). The highest BCUT2D eigenvalue weighted by Crippen LogP contribution is 2.38. The number of likely N-dealkylation sites (tertiary alicyclic amines) is 1. The molecule has 0 aliphatic carbocycles. The molecule has 1 atom stereocenters. The summed E-state index contributed by atoms with van der Waals surface area (Å²) in [5.41, 5.74) is 0.454. The Labute approximate surface area is 118 Å². The molecule has 1 fully saturated rings. The van der Waals surface area contributed by atoms with Crippen molar-refractivity contribution >= 4 is 11.9 Å². The van der Waals surface area contributed by atoms with E-state index in [4.69, 9.17) is 0 Å². The van der Waals surface area contributed by atoms with Crippen molar-refractivity contribution in [2.75, 3.05) is 13.1 Å². The van der Waals surface area contributed by atoms with Gasteiger partial charge in [-0.05, 0) is 25.3 Å². The number of rotatable bonds is 3. The van der Waals surface area contributed by atoms with E-state index < -0.39 is 11.4 Å². The highest BCUT2D eigenvalue weighted by molar-refractivity contribution is 5.93. The number of aromatic nitrogens is 2. The van der Waals surface area contributed by atoms with E-state index in [0.29, 0.717) is 18.7 Å². The van der Waals surface area contributed by atoms with Crippen LogP contribution in [-0.2, 0) is 11.8 Å². The molecule has 6 nitrogen and oxygen atoms in total. The first-order valence-electron chi connectivity index (χ1n) is 6.81. The first kappa shape index (κ1) is 14.6. The number of carbonyl (C=O) groups is 2. The lowest BCUT2D eigenvalue weighted by atomic mass is 9.76. The zero-order valence-corrected chi connectivity index (χ0v) is 12.4. The van der Waals surface area contributed by atoms with Crippen molar-refractivity contribution in [1.82, 2.24) is 14.7 Å². The van der Waals surface area contributed by atoms with E-state index in [1.54, 1.807) is 22.7 Å². The van der Waals surface area contributed by atoms with E-state index in [-0.39, 0.29) is 18.4 Å². The molecule has 1 aliphatic heterocycles. The fraction of sp³-hybridized carbons (Fsp3) is 0.643. The summed E-state index contributed by atoms with van der Waals surface area (Å²) in [6, 6.07) is 1.73. The number of carboxylic acid groups (broad SMARTS) is 1. The predicted octanol–water partition coefficient (Wildman–Crippen LogP) is 1.30. The molecule has 0 bridgehead atoms. The smallest absolute Gasteiger partial charge is 0.311 e. The molecule has 2 heterocycles. The zero-order chi connectivity index (χ0) is 15.1. The third kappa shape index (κ3) is 2.19. The normalized spacial score (nSPS) is 22.6. The van der Waals surface area contributed by atoms with Gasteiger partial charge in [0.15, 0.2) is 5.69 Å². The molecule has 1 aliphatic rings. The van der Waals surface area contributed by atoms with Gasteiger partial charge in [-0.15, -0.1) is 0 Å². The van der Waals surface area contributed by atoms with Gasteiger partial charge in [0.1, 0.15) is 0 Å². The Morgan fingerprint density at radius 3 is 2.50 bits per heavy atom. The molecule has 0 aromatic carbocycles. The van der Waals surface area contributed by atoms with Crippen LogP contribution in [0.25, 0.3) is 0 Å². The lowest BCUT2D eigenvalue weighted by Crippen LogP contribution is -2.40. The molecule has 1 aromatic rings. The average Bonchev–Trinajstić information content (AvgIpc) is 2.94. The van der Waals surface area contributed by atoms with Crippen LogP contribution < -0.4 is 0 Å². The van der Waals surface area contributed by atoms with Crippen molar-refractivity contribution in [3.05, 3.63) is 17.5 Å². The molecular formula is C14H21N3O3. The van der Waals surface area contributed by atoms with Crippen LogP contribution >= 0.6 is 0 Å². The number of carboxylic acids is 1. The van der Waals surface area contributed by atoms with Gasteiger partial charge in [0.25, 0.3) is 5.91 Å². The van der Waals surface area contributed by atoms with Crippen LogP contribution in [0.15, 0.2) is 6.07 Å². The van der Waals surface area contributed by atoms with Crippen LogP contribution in [0.1, 0.15) is 36.5 Å². The SMILES string of the molecule is Cc1cc(C(=O)N2CCC(C(=O)O)(C(C)C)C2)nn1C. The summed E-state index contributed by atoms with van der Waals surface area (Å²) >= 11 is 0. The zero-order valence-electron chi connectivity index (χ0n) is 12.4. The minimum atomic E-state index is -0.834. The Bertz CT molecular complexity index is 530.